The molecule has 0 spiro atoms. The summed E-state index contributed by atoms with van der Waals surface area (Å²) in [7, 11) is 0. The van der Waals surface area contributed by atoms with E-state index in [0.29, 0.717) is 5.92 Å². The Labute approximate surface area is 107 Å². The predicted octanol–water partition coefficient (Wildman–Crippen LogP) is 3.15. The fourth-order valence-corrected chi connectivity index (χ4v) is 2.75. The van der Waals surface area contributed by atoms with Crippen LogP contribution in [0.2, 0.25) is 0 Å². The Morgan fingerprint density at radius 2 is 2.17 bits per heavy atom. The number of aromatic nitrogens is 1. The van der Waals surface area contributed by atoms with E-state index in [1.807, 2.05) is 19.1 Å². The third-order valence-electron chi connectivity index (χ3n) is 3.77. The Morgan fingerprint density at radius 3 is 2.94 bits per heavy atom. The van der Waals surface area contributed by atoms with E-state index in [0.717, 1.165) is 24.1 Å². The largest absolute Gasteiger partial charge is 0.388 e. The number of pyridine rings is 1. The zero-order valence-electron chi connectivity index (χ0n) is 10.5. The molecular weight excluding hydrogens is 222 g/mol. The summed E-state index contributed by atoms with van der Waals surface area (Å²) in [6.07, 6.45) is 3.28. The van der Waals surface area contributed by atoms with Gasteiger partial charge in [-0.15, -0.1) is 0 Å². The second kappa shape index (κ2) is 4.54. The van der Waals surface area contributed by atoms with Crippen molar-refractivity contribution < 1.29 is 5.11 Å². The first-order chi connectivity index (χ1) is 8.74. The third-order valence-corrected chi connectivity index (χ3v) is 3.77. The van der Waals surface area contributed by atoms with Gasteiger partial charge in [-0.1, -0.05) is 24.3 Å². The van der Waals surface area contributed by atoms with Gasteiger partial charge >= 0.3 is 0 Å². The summed E-state index contributed by atoms with van der Waals surface area (Å²) >= 11 is 0. The summed E-state index contributed by atoms with van der Waals surface area (Å²) < 4.78 is 0. The molecule has 3 rings (SSSR count). The molecule has 1 N–H and O–H groups in total. The average Bonchev–Trinajstić information content (AvgIpc) is 2.36. The van der Waals surface area contributed by atoms with Crippen molar-refractivity contribution in [2.75, 3.05) is 0 Å². The van der Waals surface area contributed by atoms with Crippen molar-refractivity contribution in [1.82, 2.24) is 4.98 Å². The Bertz CT molecular complexity index is 565. The van der Waals surface area contributed by atoms with Crippen molar-refractivity contribution in [2.45, 2.75) is 31.8 Å². The number of fused-ring (bicyclic) bond motifs is 1. The molecule has 1 aromatic carbocycles. The fraction of sp³-hybridized carbons (Fsp3) is 0.312. The van der Waals surface area contributed by atoms with Crippen molar-refractivity contribution in [1.29, 1.82) is 0 Å². The Balaban J connectivity index is 1.72. The zero-order valence-corrected chi connectivity index (χ0v) is 10.5. The molecule has 1 heterocycles. The summed E-state index contributed by atoms with van der Waals surface area (Å²) in [5.74, 6) is 0.504. The molecule has 92 valence electrons. The molecule has 2 nitrogen and oxygen atoms in total. The first-order valence-corrected chi connectivity index (χ1v) is 6.42. The van der Waals surface area contributed by atoms with Gasteiger partial charge in [0.25, 0.3) is 0 Å². The van der Waals surface area contributed by atoms with E-state index in [1.165, 1.54) is 11.1 Å². The van der Waals surface area contributed by atoms with Gasteiger partial charge in [0.1, 0.15) is 0 Å². The normalized spacial score (nSPS) is 18.9. The highest BCUT2D eigenvalue weighted by atomic mass is 16.3. The molecule has 2 aromatic rings. The van der Waals surface area contributed by atoms with Crippen molar-refractivity contribution in [3.63, 3.8) is 0 Å². The van der Waals surface area contributed by atoms with Crippen LogP contribution in [-0.4, -0.2) is 10.1 Å². The van der Waals surface area contributed by atoms with Gasteiger partial charge in [0, 0.05) is 11.9 Å². The lowest BCUT2D eigenvalue weighted by molar-refractivity contribution is 0.153. The highest BCUT2D eigenvalue weighted by molar-refractivity contribution is 5.40. The van der Waals surface area contributed by atoms with Crippen molar-refractivity contribution in [3.05, 3.63) is 65.0 Å². The lowest BCUT2D eigenvalue weighted by Crippen LogP contribution is -2.19. The molecule has 0 bridgehead atoms. The van der Waals surface area contributed by atoms with E-state index < -0.39 is 0 Å². The number of nitrogens with zero attached hydrogens (tertiary/aromatic N) is 1. The first-order valence-electron chi connectivity index (χ1n) is 6.42. The smallest absolute Gasteiger partial charge is 0.0797 e. The van der Waals surface area contributed by atoms with Gasteiger partial charge in [0.05, 0.1) is 6.10 Å². The number of hydrogen-bond acceptors (Lipinski definition) is 2. The topological polar surface area (TPSA) is 33.1 Å². The molecule has 1 aliphatic rings. The third kappa shape index (κ3) is 2.04. The summed E-state index contributed by atoms with van der Waals surface area (Å²) in [5, 5.41) is 10.3. The highest BCUT2D eigenvalue weighted by Crippen LogP contribution is 2.40. The number of rotatable bonds is 3. The molecule has 1 aromatic heterocycles. The summed E-state index contributed by atoms with van der Waals surface area (Å²) in [6, 6.07) is 12.4. The van der Waals surface area contributed by atoms with Gasteiger partial charge in [-0.3, -0.25) is 4.98 Å². The van der Waals surface area contributed by atoms with Crippen LogP contribution in [0.4, 0.5) is 0 Å². The quantitative estimate of drug-likeness (QED) is 0.892. The van der Waals surface area contributed by atoms with Crippen LogP contribution in [-0.2, 0) is 6.42 Å². The molecular formula is C16H17NO. The second-order valence-corrected chi connectivity index (χ2v) is 5.08. The number of aryl methyl sites for hydroxylation is 1. The van der Waals surface area contributed by atoms with Crippen LogP contribution >= 0.6 is 0 Å². The first kappa shape index (κ1) is 11.4. The standard InChI is InChI=1S/C16H17NO/c1-11-8-13(6-7-17-11)16(18)10-14-9-12-4-2-3-5-15(12)14/h2-8,14,16,18H,9-10H2,1H3. The predicted molar refractivity (Wildman–Crippen MR) is 71.4 cm³/mol. The van der Waals surface area contributed by atoms with Crippen LogP contribution in [0.1, 0.15) is 40.8 Å². The summed E-state index contributed by atoms with van der Waals surface area (Å²) in [5.41, 5.74) is 4.77. The maximum atomic E-state index is 10.3. The van der Waals surface area contributed by atoms with E-state index in [1.54, 1.807) is 6.20 Å². The van der Waals surface area contributed by atoms with Crippen molar-refractivity contribution in [3.8, 4) is 0 Å². The monoisotopic (exact) mass is 239 g/mol. The van der Waals surface area contributed by atoms with Crippen molar-refractivity contribution in [2.24, 2.45) is 0 Å². The molecule has 0 aliphatic heterocycles. The van der Waals surface area contributed by atoms with Crippen LogP contribution in [0.25, 0.3) is 0 Å². The van der Waals surface area contributed by atoms with E-state index in [9.17, 15) is 5.11 Å². The maximum absolute atomic E-state index is 10.3. The average molecular weight is 239 g/mol. The van der Waals surface area contributed by atoms with E-state index in [4.69, 9.17) is 0 Å². The highest BCUT2D eigenvalue weighted by Gasteiger charge is 2.27. The molecule has 0 radical (unpaired) electrons. The number of aliphatic hydroxyl groups is 1. The van der Waals surface area contributed by atoms with Crippen LogP contribution in [0.15, 0.2) is 42.6 Å². The Kier molecular flexibility index (Phi) is 2.88. The van der Waals surface area contributed by atoms with Gasteiger partial charge in [0.15, 0.2) is 0 Å². The van der Waals surface area contributed by atoms with E-state index >= 15 is 0 Å². The lowest BCUT2D eigenvalue weighted by Gasteiger charge is -2.31. The molecule has 0 saturated heterocycles. The molecule has 18 heavy (non-hydrogen) atoms. The molecule has 0 saturated carbocycles. The molecule has 2 unspecified atom stereocenters. The Hall–Kier alpha value is -1.67. The molecule has 0 fully saturated rings. The van der Waals surface area contributed by atoms with Crippen molar-refractivity contribution >= 4 is 0 Å². The van der Waals surface area contributed by atoms with Crippen LogP contribution in [0.3, 0.4) is 0 Å². The van der Waals surface area contributed by atoms with Crippen LogP contribution < -0.4 is 0 Å². The number of benzene rings is 1. The minimum absolute atomic E-state index is 0.384. The number of hydrogen-bond donors (Lipinski definition) is 1. The van der Waals surface area contributed by atoms with Gasteiger partial charge in [-0.05, 0) is 54.5 Å². The summed E-state index contributed by atoms with van der Waals surface area (Å²) in [4.78, 5) is 4.16. The van der Waals surface area contributed by atoms with Gasteiger partial charge < -0.3 is 5.11 Å². The summed E-state index contributed by atoms with van der Waals surface area (Å²) in [6.45, 7) is 1.95. The van der Waals surface area contributed by atoms with E-state index in [-0.39, 0.29) is 6.10 Å². The molecule has 2 atom stereocenters. The zero-order chi connectivity index (χ0) is 12.5. The van der Waals surface area contributed by atoms with Gasteiger partial charge in [-0.25, -0.2) is 0 Å². The van der Waals surface area contributed by atoms with Crippen LogP contribution in [0.5, 0.6) is 0 Å². The van der Waals surface area contributed by atoms with E-state index in [2.05, 4.69) is 29.2 Å². The lowest BCUT2D eigenvalue weighted by atomic mass is 9.74. The molecule has 0 amide bonds. The molecule has 1 aliphatic carbocycles. The fourth-order valence-electron chi connectivity index (χ4n) is 2.75. The number of aliphatic hydroxyl groups excluding tert-OH is 1. The van der Waals surface area contributed by atoms with Gasteiger partial charge in [0.2, 0.25) is 0 Å². The minimum atomic E-state index is -0.384. The van der Waals surface area contributed by atoms with Gasteiger partial charge in [-0.2, -0.15) is 0 Å². The minimum Gasteiger partial charge on any atom is -0.388 e. The molecule has 2 heteroatoms. The van der Waals surface area contributed by atoms with Crippen LogP contribution in [0, 0.1) is 6.92 Å². The second-order valence-electron chi connectivity index (χ2n) is 5.08. The Morgan fingerprint density at radius 1 is 1.33 bits per heavy atom. The maximum Gasteiger partial charge on any atom is 0.0797 e. The SMILES string of the molecule is Cc1cc(C(O)CC2Cc3ccccc32)ccn1.